The molecule has 0 aromatic heterocycles. The highest BCUT2D eigenvalue weighted by molar-refractivity contribution is 5.26. The van der Waals surface area contributed by atoms with Gasteiger partial charge in [0.15, 0.2) is 0 Å². The molecule has 1 aromatic carbocycles. The van der Waals surface area contributed by atoms with Crippen LogP contribution >= 0.6 is 0 Å². The summed E-state index contributed by atoms with van der Waals surface area (Å²) in [4.78, 5) is 0. The third kappa shape index (κ3) is 3.51. The van der Waals surface area contributed by atoms with Crippen LogP contribution in [-0.4, -0.2) is 17.8 Å². The molecule has 0 amide bonds. The summed E-state index contributed by atoms with van der Waals surface area (Å²) in [7, 11) is 0. The standard InChI is InChI=1S/C14H20FNO/c1-10-6-13(15)4-3-12(10)9-16-8-11-2-5-14(17)7-11/h3-4,6,11,14,16-17H,2,5,7-9H2,1H3. The van der Waals surface area contributed by atoms with Crippen LogP contribution in [0.2, 0.25) is 0 Å². The van der Waals surface area contributed by atoms with E-state index in [0.717, 1.165) is 43.5 Å². The van der Waals surface area contributed by atoms with Gasteiger partial charge < -0.3 is 10.4 Å². The van der Waals surface area contributed by atoms with Gasteiger partial charge in [-0.15, -0.1) is 0 Å². The SMILES string of the molecule is Cc1cc(F)ccc1CNCC1CCC(O)C1. The molecule has 2 N–H and O–H groups in total. The molecule has 0 aliphatic heterocycles. The van der Waals surface area contributed by atoms with Gasteiger partial charge in [-0.1, -0.05) is 6.07 Å². The van der Waals surface area contributed by atoms with Gasteiger partial charge in [0.25, 0.3) is 0 Å². The van der Waals surface area contributed by atoms with Gasteiger partial charge >= 0.3 is 0 Å². The number of aryl methyl sites for hydroxylation is 1. The van der Waals surface area contributed by atoms with Crippen LogP contribution in [0.15, 0.2) is 18.2 Å². The van der Waals surface area contributed by atoms with Gasteiger partial charge in [-0.05, 0) is 61.9 Å². The average Bonchev–Trinajstić information content (AvgIpc) is 2.68. The number of aliphatic hydroxyl groups is 1. The Morgan fingerprint density at radius 2 is 2.24 bits per heavy atom. The summed E-state index contributed by atoms with van der Waals surface area (Å²) in [6.45, 7) is 3.64. The maximum absolute atomic E-state index is 12.9. The molecule has 17 heavy (non-hydrogen) atoms. The molecule has 1 aromatic rings. The Morgan fingerprint density at radius 1 is 1.41 bits per heavy atom. The summed E-state index contributed by atoms with van der Waals surface area (Å²) in [5.74, 6) is 0.413. The van der Waals surface area contributed by atoms with Crippen molar-refractivity contribution in [2.75, 3.05) is 6.54 Å². The Kier molecular flexibility index (Phi) is 4.13. The first kappa shape index (κ1) is 12.5. The van der Waals surface area contributed by atoms with Crippen LogP contribution in [0.5, 0.6) is 0 Å². The van der Waals surface area contributed by atoms with Gasteiger partial charge in [-0.3, -0.25) is 0 Å². The fourth-order valence-electron chi connectivity index (χ4n) is 2.50. The molecule has 0 spiro atoms. The normalized spacial score (nSPS) is 24.2. The van der Waals surface area contributed by atoms with Crippen molar-refractivity contribution in [1.82, 2.24) is 5.32 Å². The van der Waals surface area contributed by atoms with E-state index in [0.29, 0.717) is 5.92 Å². The fourth-order valence-corrected chi connectivity index (χ4v) is 2.50. The van der Waals surface area contributed by atoms with Crippen molar-refractivity contribution < 1.29 is 9.50 Å². The zero-order chi connectivity index (χ0) is 12.3. The van der Waals surface area contributed by atoms with Crippen molar-refractivity contribution in [3.63, 3.8) is 0 Å². The molecule has 1 saturated carbocycles. The predicted octanol–water partition coefficient (Wildman–Crippen LogP) is 2.38. The monoisotopic (exact) mass is 237 g/mol. The van der Waals surface area contributed by atoms with Crippen LogP contribution in [0.1, 0.15) is 30.4 Å². The van der Waals surface area contributed by atoms with Gasteiger partial charge in [-0.25, -0.2) is 4.39 Å². The smallest absolute Gasteiger partial charge is 0.123 e. The van der Waals surface area contributed by atoms with E-state index in [2.05, 4.69) is 5.32 Å². The topological polar surface area (TPSA) is 32.3 Å². The number of hydrogen-bond acceptors (Lipinski definition) is 2. The highest BCUT2D eigenvalue weighted by Gasteiger charge is 2.21. The summed E-state index contributed by atoms with van der Waals surface area (Å²) in [5, 5.41) is 12.8. The van der Waals surface area contributed by atoms with Crippen molar-refractivity contribution in [1.29, 1.82) is 0 Å². The Hall–Kier alpha value is -0.930. The fraction of sp³-hybridized carbons (Fsp3) is 0.571. The summed E-state index contributed by atoms with van der Waals surface area (Å²) < 4.78 is 12.9. The molecule has 0 saturated heterocycles. The van der Waals surface area contributed by atoms with E-state index in [1.54, 1.807) is 6.07 Å². The molecule has 94 valence electrons. The van der Waals surface area contributed by atoms with Gasteiger partial charge in [0.2, 0.25) is 0 Å². The largest absolute Gasteiger partial charge is 0.393 e. The Bertz CT molecular complexity index is 380. The molecule has 0 radical (unpaired) electrons. The first-order valence-electron chi connectivity index (χ1n) is 6.29. The van der Waals surface area contributed by atoms with Gasteiger partial charge in [0.05, 0.1) is 6.10 Å². The Balaban J connectivity index is 1.78. The van der Waals surface area contributed by atoms with E-state index in [1.165, 1.54) is 6.07 Å². The first-order valence-corrected chi connectivity index (χ1v) is 6.29. The summed E-state index contributed by atoms with van der Waals surface area (Å²) in [5.41, 5.74) is 2.13. The second kappa shape index (κ2) is 5.61. The minimum absolute atomic E-state index is 0.102. The molecule has 0 bridgehead atoms. The van der Waals surface area contributed by atoms with E-state index < -0.39 is 0 Å². The molecule has 1 fully saturated rings. The second-order valence-corrected chi connectivity index (χ2v) is 5.03. The van der Waals surface area contributed by atoms with Crippen LogP contribution in [0.4, 0.5) is 4.39 Å². The number of rotatable bonds is 4. The van der Waals surface area contributed by atoms with Crippen molar-refractivity contribution in [3.05, 3.63) is 35.1 Å². The predicted molar refractivity (Wildman–Crippen MR) is 66.2 cm³/mol. The van der Waals surface area contributed by atoms with Crippen LogP contribution in [-0.2, 0) is 6.54 Å². The molecule has 0 heterocycles. The Morgan fingerprint density at radius 3 is 2.88 bits per heavy atom. The average molecular weight is 237 g/mol. The van der Waals surface area contributed by atoms with Crippen molar-refractivity contribution in [2.24, 2.45) is 5.92 Å². The lowest BCUT2D eigenvalue weighted by atomic mass is 10.1. The molecule has 3 heteroatoms. The van der Waals surface area contributed by atoms with Crippen molar-refractivity contribution in [2.45, 2.75) is 38.8 Å². The van der Waals surface area contributed by atoms with E-state index in [-0.39, 0.29) is 11.9 Å². The third-order valence-corrected chi connectivity index (χ3v) is 3.57. The molecule has 2 atom stereocenters. The summed E-state index contributed by atoms with van der Waals surface area (Å²) >= 11 is 0. The zero-order valence-corrected chi connectivity index (χ0v) is 10.2. The van der Waals surface area contributed by atoms with E-state index in [1.807, 2.05) is 13.0 Å². The van der Waals surface area contributed by atoms with Crippen LogP contribution < -0.4 is 5.32 Å². The number of aliphatic hydroxyl groups excluding tert-OH is 1. The molecule has 2 nitrogen and oxygen atoms in total. The number of halogens is 1. The minimum atomic E-state index is -0.176. The number of nitrogens with one attached hydrogen (secondary N) is 1. The van der Waals surface area contributed by atoms with E-state index in [4.69, 9.17) is 0 Å². The lowest BCUT2D eigenvalue weighted by molar-refractivity contribution is 0.177. The molecular formula is C14H20FNO. The van der Waals surface area contributed by atoms with Gasteiger partial charge in [-0.2, -0.15) is 0 Å². The minimum Gasteiger partial charge on any atom is -0.393 e. The first-order chi connectivity index (χ1) is 8.15. The maximum atomic E-state index is 12.9. The van der Waals surface area contributed by atoms with Crippen LogP contribution in [0, 0.1) is 18.7 Å². The van der Waals surface area contributed by atoms with Crippen molar-refractivity contribution in [3.8, 4) is 0 Å². The summed E-state index contributed by atoms with van der Waals surface area (Å²) in [6.07, 6.45) is 2.85. The third-order valence-electron chi connectivity index (χ3n) is 3.57. The molecule has 1 aliphatic rings. The highest BCUT2D eigenvalue weighted by Crippen LogP contribution is 2.24. The lowest BCUT2D eigenvalue weighted by Crippen LogP contribution is -2.21. The quantitative estimate of drug-likeness (QED) is 0.842. The number of hydrogen-bond donors (Lipinski definition) is 2. The van der Waals surface area contributed by atoms with E-state index >= 15 is 0 Å². The Labute approximate surface area is 102 Å². The highest BCUT2D eigenvalue weighted by atomic mass is 19.1. The molecular weight excluding hydrogens is 217 g/mol. The summed E-state index contributed by atoms with van der Waals surface area (Å²) in [6, 6.07) is 4.90. The maximum Gasteiger partial charge on any atom is 0.123 e. The molecule has 2 rings (SSSR count). The molecule has 2 unspecified atom stereocenters. The zero-order valence-electron chi connectivity index (χ0n) is 10.2. The van der Waals surface area contributed by atoms with Crippen LogP contribution in [0.3, 0.4) is 0 Å². The molecule has 1 aliphatic carbocycles. The van der Waals surface area contributed by atoms with Gasteiger partial charge in [0, 0.05) is 6.54 Å². The van der Waals surface area contributed by atoms with Crippen molar-refractivity contribution >= 4 is 0 Å². The van der Waals surface area contributed by atoms with Gasteiger partial charge in [0.1, 0.15) is 5.82 Å². The van der Waals surface area contributed by atoms with E-state index in [9.17, 15) is 9.50 Å². The van der Waals surface area contributed by atoms with Crippen LogP contribution in [0.25, 0.3) is 0 Å². The second-order valence-electron chi connectivity index (χ2n) is 5.03. The number of benzene rings is 1. The lowest BCUT2D eigenvalue weighted by Gasteiger charge is -2.12.